The second-order valence-electron chi connectivity index (χ2n) is 4.03. The number of carbonyl (C=O) groups excluding carboxylic acids is 1. The molecule has 0 radical (unpaired) electrons. The third-order valence-electron chi connectivity index (χ3n) is 2.81. The van der Waals surface area contributed by atoms with Crippen LogP contribution in [0.4, 0.5) is 0 Å². The Kier molecular flexibility index (Phi) is 4.98. The summed E-state index contributed by atoms with van der Waals surface area (Å²) in [5.41, 5.74) is 6.81. The van der Waals surface area contributed by atoms with Crippen LogP contribution < -0.4 is 11.1 Å². The maximum atomic E-state index is 11.6. The summed E-state index contributed by atoms with van der Waals surface area (Å²) in [6.45, 7) is 4.60. The minimum absolute atomic E-state index is 0.0751. The number of rotatable bonds is 6. The van der Waals surface area contributed by atoms with Gasteiger partial charge in [0.1, 0.15) is 0 Å². The molecular weight excluding hydrogens is 204 g/mol. The first-order chi connectivity index (χ1) is 7.65. The van der Waals surface area contributed by atoms with Gasteiger partial charge in [-0.05, 0) is 5.92 Å². The average molecular weight is 224 g/mol. The highest BCUT2D eigenvalue weighted by Crippen LogP contribution is 2.04. The van der Waals surface area contributed by atoms with Gasteiger partial charge >= 0.3 is 0 Å². The predicted molar refractivity (Wildman–Crippen MR) is 62.7 cm³/mol. The van der Waals surface area contributed by atoms with Crippen LogP contribution in [0.5, 0.6) is 0 Å². The molecule has 0 fully saturated rings. The van der Waals surface area contributed by atoms with Gasteiger partial charge in [0.15, 0.2) is 0 Å². The van der Waals surface area contributed by atoms with E-state index in [9.17, 15) is 4.79 Å². The molecule has 1 amide bonds. The van der Waals surface area contributed by atoms with Crippen LogP contribution in [-0.4, -0.2) is 28.5 Å². The molecule has 16 heavy (non-hydrogen) atoms. The van der Waals surface area contributed by atoms with E-state index in [2.05, 4.69) is 15.3 Å². The maximum Gasteiger partial charge on any atom is 0.237 e. The fourth-order valence-electron chi connectivity index (χ4n) is 1.37. The van der Waals surface area contributed by atoms with Gasteiger partial charge in [-0.3, -0.25) is 4.79 Å². The van der Waals surface area contributed by atoms with Gasteiger partial charge in [-0.15, -0.1) is 0 Å². The number of carbonyl (C=O) groups is 1. The fourth-order valence-corrected chi connectivity index (χ4v) is 1.37. The van der Waals surface area contributed by atoms with Crippen LogP contribution in [0.1, 0.15) is 26.0 Å². The molecule has 5 heteroatoms. The number of nitrogens with two attached hydrogens (primary N) is 1. The lowest BCUT2D eigenvalue weighted by atomic mass is 9.99. The molecule has 0 aromatic carbocycles. The van der Waals surface area contributed by atoms with Crippen LogP contribution in [0.3, 0.4) is 0 Å². The van der Waals surface area contributed by atoms with Gasteiger partial charge < -0.3 is 16.0 Å². The highest BCUT2D eigenvalue weighted by Gasteiger charge is 2.18. The topological polar surface area (TPSA) is 83.8 Å². The third-order valence-corrected chi connectivity index (χ3v) is 2.81. The number of hydrogen-bond acceptors (Lipinski definition) is 3. The normalized spacial score (nSPS) is 14.4. The monoisotopic (exact) mass is 224 g/mol. The molecule has 0 aliphatic heterocycles. The first-order valence-electron chi connectivity index (χ1n) is 5.65. The highest BCUT2D eigenvalue weighted by atomic mass is 16.2. The fraction of sp³-hybridized carbons (Fsp3) is 0.636. The van der Waals surface area contributed by atoms with E-state index in [0.29, 0.717) is 6.54 Å². The molecule has 2 unspecified atom stereocenters. The molecule has 2 atom stereocenters. The molecule has 0 bridgehead atoms. The molecule has 90 valence electrons. The lowest BCUT2D eigenvalue weighted by Gasteiger charge is -2.17. The second kappa shape index (κ2) is 6.27. The Morgan fingerprint density at radius 2 is 2.44 bits per heavy atom. The van der Waals surface area contributed by atoms with E-state index in [4.69, 9.17) is 5.73 Å². The van der Waals surface area contributed by atoms with E-state index in [1.807, 2.05) is 13.8 Å². The number of imidazole rings is 1. The summed E-state index contributed by atoms with van der Waals surface area (Å²) in [4.78, 5) is 18.5. The smallest absolute Gasteiger partial charge is 0.237 e. The molecule has 1 aromatic rings. The Morgan fingerprint density at radius 1 is 1.69 bits per heavy atom. The van der Waals surface area contributed by atoms with Gasteiger partial charge in [-0.25, -0.2) is 4.98 Å². The zero-order valence-electron chi connectivity index (χ0n) is 9.86. The lowest BCUT2D eigenvalue weighted by Crippen LogP contribution is -2.45. The van der Waals surface area contributed by atoms with Crippen LogP contribution in [0.25, 0.3) is 0 Å². The SMILES string of the molecule is CCC(C)C(N)C(=O)NCCc1cnc[nH]1. The van der Waals surface area contributed by atoms with E-state index in [0.717, 1.165) is 18.5 Å². The molecule has 1 aromatic heterocycles. The summed E-state index contributed by atoms with van der Waals surface area (Å²) in [6, 6.07) is -0.410. The van der Waals surface area contributed by atoms with Gasteiger partial charge in [-0.2, -0.15) is 0 Å². The lowest BCUT2D eigenvalue weighted by molar-refractivity contribution is -0.123. The molecule has 4 N–H and O–H groups in total. The zero-order chi connectivity index (χ0) is 12.0. The van der Waals surface area contributed by atoms with Crippen molar-refractivity contribution in [2.45, 2.75) is 32.7 Å². The van der Waals surface area contributed by atoms with Gasteiger partial charge in [-0.1, -0.05) is 20.3 Å². The van der Waals surface area contributed by atoms with Crippen LogP contribution in [-0.2, 0) is 11.2 Å². The molecule has 0 spiro atoms. The average Bonchev–Trinajstić information content (AvgIpc) is 2.79. The molecule has 5 nitrogen and oxygen atoms in total. The van der Waals surface area contributed by atoms with Crippen molar-refractivity contribution in [3.8, 4) is 0 Å². The number of nitrogens with zero attached hydrogens (tertiary/aromatic N) is 1. The molecule has 0 saturated carbocycles. The summed E-state index contributed by atoms with van der Waals surface area (Å²) in [5, 5.41) is 2.82. The van der Waals surface area contributed by atoms with Crippen molar-refractivity contribution in [3.05, 3.63) is 18.2 Å². The number of H-pyrrole nitrogens is 1. The third kappa shape index (κ3) is 3.66. The molecule has 0 aliphatic rings. The maximum absolute atomic E-state index is 11.6. The molecular formula is C11H20N4O. The molecule has 1 rings (SSSR count). The van der Waals surface area contributed by atoms with E-state index >= 15 is 0 Å². The van der Waals surface area contributed by atoms with Crippen molar-refractivity contribution in [1.82, 2.24) is 15.3 Å². The van der Waals surface area contributed by atoms with Gasteiger partial charge in [0.05, 0.1) is 12.4 Å². The Bertz CT molecular complexity index is 310. The van der Waals surface area contributed by atoms with Gasteiger partial charge in [0.2, 0.25) is 5.91 Å². The molecule has 1 heterocycles. The van der Waals surface area contributed by atoms with Crippen molar-refractivity contribution in [3.63, 3.8) is 0 Å². The number of aromatic nitrogens is 2. The van der Waals surface area contributed by atoms with Crippen LogP contribution in [0, 0.1) is 5.92 Å². The minimum atomic E-state index is -0.410. The first kappa shape index (κ1) is 12.7. The summed E-state index contributed by atoms with van der Waals surface area (Å²) in [5.74, 6) is 0.140. The first-order valence-corrected chi connectivity index (χ1v) is 5.65. The summed E-state index contributed by atoms with van der Waals surface area (Å²) < 4.78 is 0. The van der Waals surface area contributed by atoms with E-state index in [1.54, 1.807) is 12.5 Å². The molecule has 0 saturated heterocycles. The summed E-state index contributed by atoms with van der Waals surface area (Å²) >= 11 is 0. The largest absolute Gasteiger partial charge is 0.354 e. The summed E-state index contributed by atoms with van der Waals surface area (Å²) in [7, 11) is 0. The second-order valence-corrected chi connectivity index (χ2v) is 4.03. The van der Waals surface area contributed by atoms with Crippen molar-refractivity contribution < 1.29 is 4.79 Å². The number of nitrogens with one attached hydrogen (secondary N) is 2. The zero-order valence-corrected chi connectivity index (χ0v) is 9.86. The Hall–Kier alpha value is -1.36. The number of hydrogen-bond donors (Lipinski definition) is 3. The number of aromatic amines is 1. The van der Waals surface area contributed by atoms with Crippen LogP contribution in [0.15, 0.2) is 12.5 Å². The standard InChI is InChI=1S/C11H20N4O/c1-3-8(2)10(12)11(16)14-5-4-9-6-13-7-15-9/h6-8,10H,3-5,12H2,1-2H3,(H,13,15)(H,14,16). The van der Waals surface area contributed by atoms with Gasteiger partial charge in [0.25, 0.3) is 0 Å². The summed E-state index contributed by atoms with van der Waals surface area (Å²) in [6.07, 6.45) is 5.04. The Labute approximate surface area is 95.8 Å². The van der Waals surface area contributed by atoms with Gasteiger partial charge in [0, 0.05) is 24.9 Å². The van der Waals surface area contributed by atoms with Crippen molar-refractivity contribution in [2.24, 2.45) is 11.7 Å². The molecule has 0 aliphatic carbocycles. The number of amides is 1. The Balaban J connectivity index is 2.24. The van der Waals surface area contributed by atoms with E-state index in [1.165, 1.54) is 0 Å². The Morgan fingerprint density at radius 3 is 3.00 bits per heavy atom. The van der Waals surface area contributed by atoms with Crippen LogP contribution in [0.2, 0.25) is 0 Å². The quantitative estimate of drug-likeness (QED) is 0.655. The van der Waals surface area contributed by atoms with E-state index < -0.39 is 6.04 Å². The minimum Gasteiger partial charge on any atom is -0.354 e. The highest BCUT2D eigenvalue weighted by molar-refractivity contribution is 5.81. The van der Waals surface area contributed by atoms with Crippen molar-refractivity contribution in [1.29, 1.82) is 0 Å². The van der Waals surface area contributed by atoms with E-state index in [-0.39, 0.29) is 11.8 Å². The van der Waals surface area contributed by atoms with Crippen LogP contribution >= 0.6 is 0 Å². The van der Waals surface area contributed by atoms with Crippen molar-refractivity contribution in [2.75, 3.05) is 6.54 Å². The predicted octanol–water partition coefficient (Wildman–Crippen LogP) is 0.442. The van der Waals surface area contributed by atoms with Crippen molar-refractivity contribution >= 4 is 5.91 Å².